The first-order valence-electron chi connectivity index (χ1n) is 7.14. The van der Waals surface area contributed by atoms with Crippen molar-refractivity contribution in [1.82, 2.24) is 5.43 Å². The quantitative estimate of drug-likeness (QED) is 0.412. The zero-order valence-corrected chi connectivity index (χ0v) is 15.1. The molecule has 0 atom stereocenters. The molecule has 0 heterocycles. The third-order valence-electron chi connectivity index (χ3n) is 3.08. The van der Waals surface area contributed by atoms with Crippen LogP contribution in [0.3, 0.4) is 0 Å². The normalized spacial score (nSPS) is 10.5. The number of nitro groups is 1. The molecule has 0 unspecified atom stereocenters. The van der Waals surface area contributed by atoms with Crippen LogP contribution in [0.2, 0.25) is 0 Å². The summed E-state index contributed by atoms with van der Waals surface area (Å²) in [5, 5.41) is 25.7. The Hall–Kier alpha value is -3.14. The van der Waals surface area contributed by atoms with E-state index >= 15 is 0 Å². The van der Waals surface area contributed by atoms with Crippen LogP contribution in [0.25, 0.3) is 0 Å². The second-order valence-electron chi connectivity index (χ2n) is 4.86. The van der Waals surface area contributed by atoms with E-state index in [9.17, 15) is 20.0 Å². The number of halogens is 1. The minimum atomic E-state index is -0.779. The maximum atomic E-state index is 11.7. The molecule has 2 aromatic carbocycles. The van der Waals surface area contributed by atoms with Gasteiger partial charge in [0.1, 0.15) is 11.5 Å². The summed E-state index contributed by atoms with van der Waals surface area (Å²) in [6.45, 7) is -0.290. The maximum absolute atomic E-state index is 11.7. The topological polar surface area (TPSA) is 126 Å². The number of amides is 1. The number of carbonyl (C=O) groups excluding carboxylic acids is 1. The second kappa shape index (κ2) is 8.81. The van der Waals surface area contributed by atoms with Crippen molar-refractivity contribution in [3.05, 3.63) is 56.5 Å². The maximum Gasteiger partial charge on any atom is 0.277 e. The van der Waals surface area contributed by atoms with E-state index < -0.39 is 22.3 Å². The SMILES string of the molecule is COc1ccc(OCC(=O)N/N=C\c2ccc([O-])c([N+](=O)[O-])c2)c(Br)c1. The van der Waals surface area contributed by atoms with E-state index in [-0.39, 0.29) is 6.61 Å². The lowest BCUT2D eigenvalue weighted by molar-refractivity contribution is -0.398. The summed E-state index contributed by atoms with van der Waals surface area (Å²) in [5.74, 6) is -0.142. The molecular formula is C16H13BrN3O6-. The van der Waals surface area contributed by atoms with Crippen molar-refractivity contribution in [2.24, 2.45) is 5.10 Å². The predicted octanol–water partition coefficient (Wildman–Crippen LogP) is 1.97. The van der Waals surface area contributed by atoms with Crippen LogP contribution in [0, 0.1) is 10.1 Å². The van der Waals surface area contributed by atoms with E-state index in [1.807, 2.05) is 0 Å². The van der Waals surface area contributed by atoms with Gasteiger partial charge in [-0.05, 0) is 39.9 Å². The molecule has 0 saturated heterocycles. The van der Waals surface area contributed by atoms with Crippen LogP contribution < -0.4 is 20.0 Å². The fraction of sp³-hybridized carbons (Fsp3) is 0.125. The molecule has 136 valence electrons. The molecule has 2 aromatic rings. The number of benzene rings is 2. The summed E-state index contributed by atoms with van der Waals surface area (Å²) in [5.41, 5.74) is 1.96. The number of nitrogens with zero attached hydrogens (tertiary/aromatic N) is 2. The van der Waals surface area contributed by atoms with Gasteiger partial charge in [-0.1, -0.05) is 12.1 Å². The van der Waals surface area contributed by atoms with Crippen LogP contribution in [-0.2, 0) is 4.79 Å². The Kier molecular flexibility index (Phi) is 6.50. The van der Waals surface area contributed by atoms with E-state index in [1.54, 1.807) is 18.2 Å². The Labute approximate surface area is 156 Å². The number of hydrazone groups is 1. The van der Waals surface area contributed by atoms with Crippen LogP contribution in [0.4, 0.5) is 5.69 Å². The van der Waals surface area contributed by atoms with Crippen LogP contribution in [0.1, 0.15) is 5.56 Å². The summed E-state index contributed by atoms with van der Waals surface area (Å²) < 4.78 is 11.0. The lowest BCUT2D eigenvalue weighted by atomic mass is 10.2. The first-order chi connectivity index (χ1) is 12.4. The second-order valence-corrected chi connectivity index (χ2v) is 5.72. The molecule has 0 bridgehead atoms. The summed E-state index contributed by atoms with van der Waals surface area (Å²) in [4.78, 5) is 21.7. The molecule has 0 aliphatic carbocycles. The van der Waals surface area contributed by atoms with Crippen LogP contribution >= 0.6 is 15.9 Å². The highest BCUT2D eigenvalue weighted by Crippen LogP contribution is 2.29. The largest absolute Gasteiger partial charge is 0.868 e. The van der Waals surface area contributed by atoms with Crippen molar-refractivity contribution >= 4 is 33.7 Å². The van der Waals surface area contributed by atoms with Gasteiger partial charge in [0.15, 0.2) is 6.61 Å². The zero-order chi connectivity index (χ0) is 19.1. The van der Waals surface area contributed by atoms with E-state index in [0.717, 1.165) is 12.1 Å². The lowest BCUT2D eigenvalue weighted by Crippen LogP contribution is -2.24. The van der Waals surface area contributed by atoms with Crippen LogP contribution in [-0.4, -0.2) is 30.8 Å². The third-order valence-corrected chi connectivity index (χ3v) is 3.70. The Morgan fingerprint density at radius 2 is 2.12 bits per heavy atom. The molecule has 0 fully saturated rings. The number of hydrogen-bond donors (Lipinski definition) is 1. The van der Waals surface area contributed by atoms with Gasteiger partial charge in [-0.15, -0.1) is 0 Å². The highest BCUT2D eigenvalue weighted by molar-refractivity contribution is 9.10. The summed E-state index contributed by atoms with van der Waals surface area (Å²) in [6, 6.07) is 8.51. The van der Waals surface area contributed by atoms with Crippen molar-refractivity contribution in [1.29, 1.82) is 0 Å². The number of nitrogens with one attached hydrogen (secondary N) is 1. The first kappa shape index (κ1) is 19.2. The summed E-state index contributed by atoms with van der Waals surface area (Å²) in [6.07, 6.45) is 1.19. The van der Waals surface area contributed by atoms with Gasteiger partial charge >= 0.3 is 0 Å². The summed E-state index contributed by atoms with van der Waals surface area (Å²) in [7, 11) is 1.53. The fourth-order valence-corrected chi connectivity index (χ4v) is 2.31. The molecule has 9 nitrogen and oxygen atoms in total. The average Bonchev–Trinajstić information content (AvgIpc) is 2.61. The highest BCUT2D eigenvalue weighted by atomic mass is 79.9. The fourth-order valence-electron chi connectivity index (χ4n) is 1.84. The Morgan fingerprint density at radius 3 is 2.77 bits per heavy atom. The van der Waals surface area contributed by atoms with Crippen molar-refractivity contribution in [2.75, 3.05) is 13.7 Å². The molecule has 0 radical (unpaired) electrons. The lowest BCUT2D eigenvalue weighted by Gasteiger charge is -2.08. The Bertz CT molecular complexity index is 856. The predicted molar refractivity (Wildman–Crippen MR) is 94.5 cm³/mol. The molecule has 0 aromatic heterocycles. The minimum absolute atomic E-state index is 0.290. The third kappa shape index (κ3) is 5.18. The standard InChI is InChI=1S/C16H14BrN3O6/c1-25-11-3-5-15(12(17)7-11)26-9-16(22)19-18-8-10-2-4-14(21)13(6-10)20(23)24/h2-8,21H,9H2,1H3,(H,19,22)/p-1/b18-8-. The number of carbonyl (C=O) groups is 1. The van der Waals surface area contributed by atoms with Gasteiger partial charge in [0.05, 0.1) is 22.7 Å². The summed E-state index contributed by atoms with van der Waals surface area (Å²) >= 11 is 3.30. The monoisotopic (exact) mass is 422 g/mol. The van der Waals surface area contributed by atoms with Crippen LogP contribution in [0.15, 0.2) is 46.0 Å². The van der Waals surface area contributed by atoms with Crippen molar-refractivity contribution < 1.29 is 24.3 Å². The van der Waals surface area contributed by atoms with Crippen molar-refractivity contribution in [2.45, 2.75) is 0 Å². The number of nitro benzene ring substituents is 1. The van der Waals surface area contributed by atoms with Gasteiger partial charge < -0.3 is 14.6 Å². The molecule has 0 aliphatic heterocycles. The van der Waals surface area contributed by atoms with Gasteiger partial charge in [0.25, 0.3) is 11.6 Å². The number of rotatable bonds is 7. The minimum Gasteiger partial charge on any atom is -0.868 e. The molecule has 1 N–H and O–H groups in total. The van der Waals surface area contributed by atoms with Gasteiger partial charge in [-0.25, -0.2) is 5.43 Å². The van der Waals surface area contributed by atoms with Crippen LogP contribution in [0.5, 0.6) is 17.2 Å². The number of hydrogen-bond acceptors (Lipinski definition) is 7. The number of methoxy groups -OCH3 is 1. The van der Waals surface area contributed by atoms with Crippen molar-refractivity contribution in [3.63, 3.8) is 0 Å². The van der Waals surface area contributed by atoms with E-state index in [2.05, 4.69) is 26.5 Å². The van der Waals surface area contributed by atoms with Gasteiger partial charge in [0.2, 0.25) is 0 Å². The van der Waals surface area contributed by atoms with Gasteiger partial charge in [-0.3, -0.25) is 14.9 Å². The molecule has 0 aliphatic rings. The molecule has 0 spiro atoms. The molecule has 10 heteroatoms. The number of ether oxygens (including phenoxy) is 2. The highest BCUT2D eigenvalue weighted by Gasteiger charge is 2.08. The zero-order valence-electron chi connectivity index (χ0n) is 13.5. The van der Waals surface area contributed by atoms with Gasteiger partial charge in [-0.2, -0.15) is 5.10 Å². The van der Waals surface area contributed by atoms with E-state index in [4.69, 9.17) is 9.47 Å². The first-order valence-corrected chi connectivity index (χ1v) is 7.93. The smallest absolute Gasteiger partial charge is 0.277 e. The Morgan fingerprint density at radius 1 is 1.35 bits per heavy atom. The average molecular weight is 423 g/mol. The molecule has 1 amide bonds. The molecular weight excluding hydrogens is 410 g/mol. The van der Waals surface area contributed by atoms with Crippen molar-refractivity contribution in [3.8, 4) is 17.2 Å². The van der Waals surface area contributed by atoms with E-state index in [1.165, 1.54) is 19.4 Å². The van der Waals surface area contributed by atoms with Gasteiger partial charge in [0, 0.05) is 11.6 Å². The Balaban J connectivity index is 1.90. The van der Waals surface area contributed by atoms with E-state index in [0.29, 0.717) is 21.5 Å². The molecule has 0 saturated carbocycles. The molecule has 26 heavy (non-hydrogen) atoms. The molecule has 2 rings (SSSR count).